The van der Waals surface area contributed by atoms with Crippen molar-refractivity contribution >= 4 is 11.9 Å². The van der Waals surface area contributed by atoms with Crippen LogP contribution in [-0.4, -0.2) is 54.5 Å². The molecule has 0 unspecified atom stereocenters. The van der Waals surface area contributed by atoms with Gasteiger partial charge < -0.3 is 15.7 Å². The lowest BCUT2D eigenvalue weighted by Crippen LogP contribution is -2.13. The molecule has 0 atom stereocenters. The maximum Gasteiger partial charge on any atom is 0.258 e. The molecule has 0 fully saturated rings. The van der Waals surface area contributed by atoms with Crippen molar-refractivity contribution in [1.29, 1.82) is 0 Å². The summed E-state index contributed by atoms with van der Waals surface area (Å²) in [5.74, 6) is 1.29. The quantitative estimate of drug-likeness (QED) is 0.583. The molecule has 3 N–H and O–H groups in total. The van der Waals surface area contributed by atoms with Gasteiger partial charge in [0.25, 0.3) is 5.95 Å². The summed E-state index contributed by atoms with van der Waals surface area (Å²) in [4.78, 5) is 16.5. The SMILES string of the molecule is CCNc1nc(NCCCO)nc(-n2cncn2)n1. The van der Waals surface area contributed by atoms with Gasteiger partial charge in [-0.05, 0) is 13.3 Å². The summed E-state index contributed by atoms with van der Waals surface area (Å²) in [6, 6.07) is 0. The van der Waals surface area contributed by atoms with Gasteiger partial charge in [0.15, 0.2) is 0 Å². The zero-order valence-corrected chi connectivity index (χ0v) is 10.6. The predicted molar refractivity (Wildman–Crippen MR) is 69.1 cm³/mol. The number of hydrogen-bond donors (Lipinski definition) is 3. The van der Waals surface area contributed by atoms with Gasteiger partial charge >= 0.3 is 0 Å². The van der Waals surface area contributed by atoms with Crippen molar-refractivity contribution in [2.24, 2.45) is 0 Å². The number of nitrogens with zero attached hydrogens (tertiary/aromatic N) is 6. The molecule has 0 aliphatic heterocycles. The highest BCUT2D eigenvalue weighted by atomic mass is 16.3. The predicted octanol–water partition coefficient (Wildman–Crippen LogP) is -0.322. The molecule has 2 rings (SSSR count). The molecule has 0 spiro atoms. The Bertz CT molecular complexity index is 500. The lowest BCUT2D eigenvalue weighted by atomic mass is 10.4. The molecule has 2 aromatic heterocycles. The minimum absolute atomic E-state index is 0.119. The van der Waals surface area contributed by atoms with E-state index in [-0.39, 0.29) is 6.61 Å². The Kier molecular flexibility index (Phi) is 4.56. The molecule has 102 valence electrons. The molecule has 2 heterocycles. The first-order valence-electron chi connectivity index (χ1n) is 6.03. The van der Waals surface area contributed by atoms with Crippen LogP contribution in [0.5, 0.6) is 0 Å². The maximum atomic E-state index is 8.76. The number of aromatic nitrogens is 6. The Balaban J connectivity index is 2.22. The number of rotatable bonds is 7. The summed E-state index contributed by atoms with van der Waals surface area (Å²) in [6.45, 7) is 3.37. The van der Waals surface area contributed by atoms with Crippen molar-refractivity contribution in [3.8, 4) is 5.95 Å². The second-order valence-corrected chi connectivity index (χ2v) is 3.66. The lowest BCUT2D eigenvalue weighted by molar-refractivity contribution is 0.292. The summed E-state index contributed by atoms with van der Waals surface area (Å²) in [5, 5.41) is 18.8. The van der Waals surface area contributed by atoms with Gasteiger partial charge in [-0.2, -0.15) is 24.7 Å². The molecule has 9 nitrogen and oxygen atoms in total. The number of anilines is 2. The standard InChI is InChI=1S/C10H16N8O/c1-2-12-8-15-9(13-4-3-5-19)17-10(16-8)18-7-11-6-14-18/h6-7,19H,2-5H2,1H3,(H2,12,13,15,16,17). The molecule has 0 amide bonds. The van der Waals surface area contributed by atoms with Crippen LogP contribution >= 0.6 is 0 Å². The van der Waals surface area contributed by atoms with Crippen LogP contribution in [0.3, 0.4) is 0 Å². The molecular weight excluding hydrogens is 248 g/mol. The summed E-state index contributed by atoms with van der Waals surface area (Å²) >= 11 is 0. The molecule has 0 aliphatic carbocycles. The van der Waals surface area contributed by atoms with Gasteiger partial charge in [0.05, 0.1) is 0 Å². The van der Waals surface area contributed by atoms with E-state index in [0.717, 1.165) is 0 Å². The Morgan fingerprint density at radius 3 is 2.63 bits per heavy atom. The smallest absolute Gasteiger partial charge is 0.258 e. The first-order valence-corrected chi connectivity index (χ1v) is 6.03. The van der Waals surface area contributed by atoms with Crippen LogP contribution in [-0.2, 0) is 0 Å². The summed E-state index contributed by atoms with van der Waals surface area (Å²) < 4.78 is 1.46. The molecule has 0 saturated heterocycles. The fraction of sp³-hybridized carbons (Fsp3) is 0.500. The number of nitrogens with one attached hydrogen (secondary N) is 2. The molecule has 9 heteroatoms. The molecule has 2 aromatic rings. The van der Waals surface area contributed by atoms with Crippen molar-refractivity contribution in [3.63, 3.8) is 0 Å². The average Bonchev–Trinajstić information content (AvgIpc) is 2.93. The minimum atomic E-state index is 0.119. The van der Waals surface area contributed by atoms with Crippen molar-refractivity contribution in [2.45, 2.75) is 13.3 Å². The third-order valence-electron chi connectivity index (χ3n) is 2.20. The van der Waals surface area contributed by atoms with E-state index in [0.29, 0.717) is 37.4 Å². The van der Waals surface area contributed by atoms with E-state index in [9.17, 15) is 0 Å². The molecule has 0 saturated carbocycles. The number of hydrogen-bond acceptors (Lipinski definition) is 8. The van der Waals surface area contributed by atoms with Crippen LogP contribution in [0.4, 0.5) is 11.9 Å². The van der Waals surface area contributed by atoms with E-state index in [2.05, 4.69) is 35.7 Å². The van der Waals surface area contributed by atoms with Gasteiger partial charge in [0, 0.05) is 19.7 Å². The Morgan fingerprint density at radius 2 is 2.00 bits per heavy atom. The van der Waals surface area contributed by atoms with Gasteiger partial charge in [-0.15, -0.1) is 0 Å². The highest BCUT2D eigenvalue weighted by Crippen LogP contribution is 2.08. The van der Waals surface area contributed by atoms with E-state index in [1.54, 1.807) is 0 Å². The molecule has 0 bridgehead atoms. The van der Waals surface area contributed by atoms with Crippen molar-refractivity contribution in [2.75, 3.05) is 30.3 Å². The van der Waals surface area contributed by atoms with Gasteiger partial charge in [-0.25, -0.2) is 4.98 Å². The number of aliphatic hydroxyl groups excluding tert-OH is 1. The largest absolute Gasteiger partial charge is 0.396 e. The summed E-state index contributed by atoms with van der Waals surface area (Å²) in [6.07, 6.45) is 3.55. The highest BCUT2D eigenvalue weighted by Gasteiger charge is 2.07. The van der Waals surface area contributed by atoms with Crippen LogP contribution in [0.25, 0.3) is 5.95 Å². The van der Waals surface area contributed by atoms with Gasteiger partial charge in [-0.3, -0.25) is 0 Å². The normalized spacial score (nSPS) is 10.4. The zero-order valence-electron chi connectivity index (χ0n) is 10.6. The van der Waals surface area contributed by atoms with E-state index in [1.807, 2.05) is 6.92 Å². The third kappa shape index (κ3) is 3.58. The van der Waals surface area contributed by atoms with Crippen LogP contribution in [0.1, 0.15) is 13.3 Å². The Morgan fingerprint density at radius 1 is 1.21 bits per heavy atom. The highest BCUT2D eigenvalue weighted by molar-refractivity contribution is 5.37. The summed E-state index contributed by atoms with van der Waals surface area (Å²) in [7, 11) is 0. The van der Waals surface area contributed by atoms with Gasteiger partial charge in [-0.1, -0.05) is 0 Å². The molecule has 19 heavy (non-hydrogen) atoms. The first-order chi connectivity index (χ1) is 9.33. The van der Waals surface area contributed by atoms with Gasteiger partial charge in [0.1, 0.15) is 12.7 Å². The maximum absolute atomic E-state index is 8.76. The number of aliphatic hydroxyl groups is 1. The Labute approximate surface area is 110 Å². The van der Waals surface area contributed by atoms with Crippen molar-refractivity contribution < 1.29 is 5.11 Å². The molecule has 0 radical (unpaired) electrons. The topological polar surface area (TPSA) is 114 Å². The Hall–Kier alpha value is -2.29. The lowest BCUT2D eigenvalue weighted by Gasteiger charge is -2.08. The van der Waals surface area contributed by atoms with E-state index in [4.69, 9.17) is 5.11 Å². The van der Waals surface area contributed by atoms with Crippen molar-refractivity contribution in [1.82, 2.24) is 29.7 Å². The fourth-order valence-electron chi connectivity index (χ4n) is 1.37. The van der Waals surface area contributed by atoms with E-state index < -0.39 is 0 Å². The van der Waals surface area contributed by atoms with Crippen LogP contribution in [0.15, 0.2) is 12.7 Å². The third-order valence-corrected chi connectivity index (χ3v) is 2.20. The average molecular weight is 264 g/mol. The fourth-order valence-corrected chi connectivity index (χ4v) is 1.37. The first kappa shape index (κ1) is 13.1. The molecule has 0 aromatic carbocycles. The minimum Gasteiger partial charge on any atom is -0.396 e. The van der Waals surface area contributed by atoms with E-state index >= 15 is 0 Å². The molecule has 0 aliphatic rings. The van der Waals surface area contributed by atoms with E-state index in [1.165, 1.54) is 17.3 Å². The van der Waals surface area contributed by atoms with Crippen LogP contribution in [0, 0.1) is 0 Å². The zero-order chi connectivity index (χ0) is 13.5. The second-order valence-electron chi connectivity index (χ2n) is 3.66. The summed E-state index contributed by atoms with van der Waals surface area (Å²) in [5.41, 5.74) is 0. The van der Waals surface area contributed by atoms with Crippen molar-refractivity contribution in [3.05, 3.63) is 12.7 Å². The van der Waals surface area contributed by atoms with Crippen LogP contribution < -0.4 is 10.6 Å². The monoisotopic (exact) mass is 264 g/mol. The van der Waals surface area contributed by atoms with Crippen LogP contribution in [0.2, 0.25) is 0 Å². The van der Waals surface area contributed by atoms with Gasteiger partial charge in [0.2, 0.25) is 11.9 Å². The second kappa shape index (κ2) is 6.59. The molecular formula is C10H16N8O.